The Kier molecular flexibility index (Phi) is 11.5. The lowest BCUT2D eigenvalue weighted by Crippen LogP contribution is -2.05. The predicted octanol–water partition coefficient (Wildman–Crippen LogP) is 3.82. The summed E-state index contributed by atoms with van der Waals surface area (Å²) in [6, 6.07) is 11.9. The van der Waals surface area contributed by atoms with Gasteiger partial charge in [0.25, 0.3) is 0 Å². The molecule has 0 atom stereocenters. The highest BCUT2D eigenvalue weighted by Crippen LogP contribution is 2.11. The Bertz CT molecular complexity index is 893. The summed E-state index contributed by atoms with van der Waals surface area (Å²) in [4.78, 5) is 32.5. The molecule has 2 aromatic rings. The summed E-state index contributed by atoms with van der Waals surface area (Å²) in [5.41, 5.74) is 1.56. The van der Waals surface area contributed by atoms with Crippen LogP contribution >= 0.6 is 11.9 Å². The van der Waals surface area contributed by atoms with E-state index >= 15 is 0 Å². The number of phenolic OH excluding ortho intramolecular Hbond substituents is 2. The van der Waals surface area contributed by atoms with Crippen LogP contribution in [0.2, 0.25) is 0 Å². The van der Waals surface area contributed by atoms with Gasteiger partial charge >= 0.3 is 11.9 Å². The molecule has 0 amide bonds. The van der Waals surface area contributed by atoms with Crippen molar-refractivity contribution in [1.82, 2.24) is 0 Å². The normalized spacial score (nSPS) is 11.8. The van der Waals surface area contributed by atoms with Crippen molar-refractivity contribution in [2.24, 2.45) is 4.40 Å². The molecule has 2 N–H and O–H groups in total. The number of carbonyl (C=O) groups excluding carboxylic acids is 3. The molecule has 0 spiro atoms. The molecule has 1 aliphatic rings. The first kappa shape index (κ1) is 25.7. The Hall–Kier alpha value is -3.33. The summed E-state index contributed by atoms with van der Waals surface area (Å²) in [6.07, 6.45) is 0.809. The standard InChI is InChI=1S/C10H12O3.C8H8O3.C4H5NOS/c1-2-7-13-10(12)8-3-5-9(11)6-4-8;1-11-8(10)6-2-4-7(9)5-3-6;1-3-4(6)2-7-5-3/h3-6,11H,2,7H2,1H3;2-5,9H,1H3;2H2,1H3. The lowest BCUT2D eigenvalue weighted by Gasteiger charge is -2.02. The summed E-state index contributed by atoms with van der Waals surface area (Å²) in [6.45, 7) is 4.10. The van der Waals surface area contributed by atoms with Gasteiger partial charge in [0, 0.05) is 0 Å². The van der Waals surface area contributed by atoms with E-state index in [2.05, 4.69) is 9.13 Å². The minimum Gasteiger partial charge on any atom is -0.508 e. The molecule has 0 radical (unpaired) electrons. The van der Waals surface area contributed by atoms with Crippen LogP contribution in [0.15, 0.2) is 52.9 Å². The third-order valence-corrected chi connectivity index (χ3v) is 4.42. The Morgan fingerprint density at radius 1 is 0.968 bits per heavy atom. The fourth-order valence-corrected chi connectivity index (χ4v) is 2.62. The van der Waals surface area contributed by atoms with E-state index in [-0.39, 0.29) is 23.3 Å². The van der Waals surface area contributed by atoms with Gasteiger partial charge < -0.3 is 19.7 Å². The van der Waals surface area contributed by atoms with Gasteiger partial charge in [-0.15, -0.1) is 0 Å². The molecule has 1 aliphatic heterocycles. The molecule has 166 valence electrons. The van der Waals surface area contributed by atoms with Crippen molar-refractivity contribution < 1.29 is 34.1 Å². The van der Waals surface area contributed by atoms with E-state index in [9.17, 15) is 14.4 Å². The summed E-state index contributed by atoms with van der Waals surface area (Å²) in [5.74, 6) is 0.257. The quantitative estimate of drug-likeness (QED) is 0.536. The maximum atomic E-state index is 11.2. The first-order valence-electron chi connectivity index (χ1n) is 9.31. The van der Waals surface area contributed by atoms with Crippen LogP contribution in [0, 0.1) is 0 Å². The number of hydrogen-bond acceptors (Lipinski definition) is 9. The van der Waals surface area contributed by atoms with Gasteiger partial charge in [-0.2, -0.15) is 0 Å². The van der Waals surface area contributed by atoms with Crippen molar-refractivity contribution in [3.8, 4) is 11.5 Å². The van der Waals surface area contributed by atoms with E-state index in [4.69, 9.17) is 14.9 Å². The highest BCUT2D eigenvalue weighted by atomic mass is 32.2. The molecule has 0 aliphatic carbocycles. The molecule has 31 heavy (non-hydrogen) atoms. The average Bonchev–Trinajstić information content (AvgIpc) is 3.15. The molecule has 1 heterocycles. The maximum absolute atomic E-state index is 11.2. The fraction of sp³-hybridized carbons (Fsp3) is 0.273. The Morgan fingerprint density at radius 2 is 1.45 bits per heavy atom. The number of aromatic hydroxyl groups is 2. The highest BCUT2D eigenvalue weighted by molar-refractivity contribution is 7.99. The summed E-state index contributed by atoms with van der Waals surface area (Å²) < 4.78 is 13.2. The predicted molar refractivity (Wildman–Crippen MR) is 119 cm³/mol. The summed E-state index contributed by atoms with van der Waals surface area (Å²) >= 11 is 1.33. The van der Waals surface area contributed by atoms with Gasteiger partial charge in [0.05, 0.1) is 36.3 Å². The van der Waals surface area contributed by atoms with Crippen LogP contribution < -0.4 is 0 Å². The second kappa shape index (κ2) is 13.8. The van der Waals surface area contributed by atoms with Crippen LogP contribution in [0.1, 0.15) is 41.0 Å². The largest absolute Gasteiger partial charge is 0.508 e. The molecular weight excluding hydrogens is 422 g/mol. The zero-order valence-corrected chi connectivity index (χ0v) is 18.3. The number of carbonyl (C=O) groups is 3. The van der Waals surface area contributed by atoms with Gasteiger partial charge in [0.1, 0.15) is 11.5 Å². The second-order valence-electron chi connectivity index (χ2n) is 6.09. The monoisotopic (exact) mass is 447 g/mol. The number of hydrogen-bond donors (Lipinski definition) is 2. The van der Waals surface area contributed by atoms with E-state index in [1.165, 1.54) is 67.6 Å². The number of Topliss-reactive ketones (excluding diaryl/α,β-unsaturated/α-hetero) is 1. The number of ether oxygens (including phenoxy) is 2. The molecule has 8 nitrogen and oxygen atoms in total. The molecule has 3 rings (SSSR count). The molecule has 0 saturated carbocycles. The molecule has 0 unspecified atom stereocenters. The second-order valence-corrected chi connectivity index (χ2v) is 6.82. The molecule has 0 fully saturated rings. The third-order valence-electron chi connectivity index (χ3n) is 3.63. The van der Waals surface area contributed by atoms with Crippen molar-refractivity contribution in [2.75, 3.05) is 19.5 Å². The van der Waals surface area contributed by atoms with Gasteiger partial charge in [-0.05, 0) is 73.8 Å². The summed E-state index contributed by atoms with van der Waals surface area (Å²) in [7, 11) is 1.31. The van der Waals surface area contributed by atoms with Crippen molar-refractivity contribution in [3.63, 3.8) is 0 Å². The Labute approximate surface area is 185 Å². The van der Waals surface area contributed by atoms with Crippen LogP contribution in [-0.2, 0) is 14.3 Å². The van der Waals surface area contributed by atoms with Crippen LogP contribution in [0.5, 0.6) is 11.5 Å². The van der Waals surface area contributed by atoms with E-state index in [0.29, 0.717) is 29.2 Å². The molecule has 0 aromatic heterocycles. The van der Waals surface area contributed by atoms with Gasteiger partial charge in [0.2, 0.25) is 0 Å². The van der Waals surface area contributed by atoms with Crippen molar-refractivity contribution in [1.29, 1.82) is 0 Å². The molecule has 2 aromatic carbocycles. The average molecular weight is 448 g/mol. The van der Waals surface area contributed by atoms with Crippen LogP contribution in [0.4, 0.5) is 0 Å². The third kappa shape index (κ3) is 9.81. The smallest absolute Gasteiger partial charge is 0.338 e. The van der Waals surface area contributed by atoms with Crippen LogP contribution in [0.3, 0.4) is 0 Å². The fourth-order valence-electron chi connectivity index (χ4n) is 1.93. The zero-order valence-electron chi connectivity index (χ0n) is 17.5. The topological polar surface area (TPSA) is 122 Å². The zero-order chi connectivity index (χ0) is 23.2. The minimum absolute atomic E-state index is 0.137. The number of phenols is 2. The van der Waals surface area contributed by atoms with Gasteiger partial charge in [0.15, 0.2) is 5.78 Å². The van der Waals surface area contributed by atoms with Crippen LogP contribution in [-0.4, -0.2) is 53.1 Å². The Balaban J connectivity index is 0.000000242. The number of rotatable bonds is 4. The van der Waals surface area contributed by atoms with Crippen molar-refractivity contribution >= 4 is 35.4 Å². The molecule has 0 bridgehead atoms. The maximum Gasteiger partial charge on any atom is 0.338 e. The number of methoxy groups -OCH3 is 1. The lowest BCUT2D eigenvalue weighted by atomic mass is 10.2. The number of ketones is 1. The highest BCUT2D eigenvalue weighted by Gasteiger charge is 2.11. The molecule has 9 heteroatoms. The number of benzene rings is 2. The van der Waals surface area contributed by atoms with Crippen molar-refractivity contribution in [2.45, 2.75) is 20.3 Å². The molecular formula is C22H25NO7S. The molecule has 0 saturated heterocycles. The van der Waals surface area contributed by atoms with E-state index < -0.39 is 5.97 Å². The van der Waals surface area contributed by atoms with Gasteiger partial charge in [-0.25, -0.2) is 14.0 Å². The summed E-state index contributed by atoms with van der Waals surface area (Å²) in [5, 5.41) is 17.8. The van der Waals surface area contributed by atoms with E-state index in [0.717, 1.165) is 6.42 Å². The number of esters is 2. The minimum atomic E-state index is -0.398. The van der Waals surface area contributed by atoms with Crippen LogP contribution in [0.25, 0.3) is 0 Å². The SMILES string of the molecule is CC1=NSCC1=O.CCCOC(=O)c1ccc(O)cc1.COC(=O)c1ccc(O)cc1. The van der Waals surface area contributed by atoms with Gasteiger partial charge in [-0.3, -0.25) is 4.79 Å². The lowest BCUT2D eigenvalue weighted by molar-refractivity contribution is -0.110. The first-order valence-corrected chi connectivity index (χ1v) is 10.3. The Morgan fingerprint density at radius 3 is 1.77 bits per heavy atom. The van der Waals surface area contributed by atoms with E-state index in [1.807, 2.05) is 6.92 Å². The van der Waals surface area contributed by atoms with E-state index in [1.54, 1.807) is 6.92 Å². The first-order chi connectivity index (χ1) is 14.8. The number of nitrogens with zero attached hydrogens (tertiary/aromatic N) is 1. The van der Waals surface area contributed by atoms with Crippen molar-refractivity contribution in [3.05, 3.63) is 59.7 Å². The van der Waals surface area contributed by atoms with Gasteiger partial charge in [-0.1, -0.05) is 6.92 Å².